The van der Waals surface area contributed by atoms with Crippen molar-refractivity contribution < 1.29 is 9.90 Å². The fourth-order valence-electron chi connectivity index (χ4n) is 3.79. The van der Waals surface area contributed by atoms with Gasteiger partial charge in [-0.15, -0.1) is 0 Å². The Labute approximate surface area is 165 Å². The SMILES string of the molecule is CN1CCc2cc(C(O)CNC(=O)NCc3cccc4ccccc34)ccc21. The second-order valence-electron chi connectivity index (χ2n) is 7.28. The van der Waals surface area contributed by atoms with Crippen LogP contribution in [-0.4, -0.2) is 31.3 Å². The summed E-state index contributed by atoms with van der Waals surface area (Å²) in [5, 5.41) is 18.4. The average Bonchev–Trinajstić information content (AvgIpc) is 3.10. The normalized spacial score (nSPS) is 14.0. The first-order chi connectivity index (χ1) is 13.6. The van der Waals surface area contributed by atoms with Crippen molar-refractivity contribution in [1.82, 2.24) is 10.6 Å². The van der Waals surface area contributed by atoms with Crippen LogP contribution in [0.15, 0.2) is 60.7 Å². The van der Waals surface area contributed by atoms with E-state index in [0.29, 0.717) is 6.54 Å². The number of fused-ring (bicyclic) bond motifs is 2. The van der Waals surface area contributed by atoms with Crippen molar-refractivity contribution in [3.63, 3.8) is 0 Å². The molecule has 0 bridgehead atoms. The Balaban J connectivity index is 1.32. The van der Waals surface area contributed by atoms with E-state index in [-0.39, 0.29) is 12.6 Å². The number of aliphatic hydroxyl groups excluding tert-OH is 1. The minimum atomic E-state index is -0.723. The smallest absolute Gasteiger partial charge is 0.315 e. The van der Waals surface area contributed by atoms with Gasteiger partial charge in [-0.25, -0.2) is 4.79 Å². The number of hydrogen-bond donors (Lipinski definition) is 3. The second kappa shape index (κ2) is 7.90. The molecular formula is C23H25N3O2. The summed E-state index contributed by atoms with van der Waals surface area (Å²) in [6.45, 7) is 1.62. The Morgan fingerprint density at radius 1 is 1.11 bits per heavy atom. The summed E-state index contributed by atoms with van der Waals surface area (Å²) in [5.41, 5.74) is 4.37. The molecular weight excluding hydrogens is 350 g/mol. The Morgan fingerprint density at radius 3 is 2.82 bits per heavy atom. The summed E-state index contributed by atoms with van der Waals surface area (Å²) >= 11 is 0. The summed E-state index contributed by atoms with van der Waals surface area (Å²) in [6, 6.07) is 19.9. The largest absolute Gasteiger partial charge is 0.387 e. The lowest BCUT2D eigenvalue weighted by molar-refractivity contribution is 0.173. The fourth-order valence-corrected chi connectivity index (χ4v) is 3.79. The first-order valence-electron chi connectivity index (χ1n) is 9.62. The van der Waals surface area contributed by atoms with E-state index in [1.54, 1.807) is 0 Å². The van der Waals surface area contributed by atoms with Crippen molar-refractivity contribution >= 4 is 22.5 Å². The van der Waals surface area contributed by atoms with E-state index in [2.05, 4.69) is 40.8 Å². The van der Waals surface area contributed by atoms with Gasteiger partial charge in [-0.1, -0.05) is 54.6 Å². The molecule has 5 nitrogen and oxygen atoms in total. The lowest BCUT2D eigenvalue weighted by Crippen LogP contribution is -2.37. The zero-order chi connectivity index (χ0) is 19.5. The Bertz CT molecular complexity index is 997. The van der Waals surface area contributed by atoms with Gasteiger partial charge in [0.1, 0.15) is 0 Å². The van der Waals surface area contributed by atoms with Crippen LogP contribution >= 0.6 is 0 Å². The molecule has 2 amide bonds. The van der Waals surface area contributed by atoms with Gasteiger partial charge in [-0.2, -0.15) is 0 Å². The van der Waals surface area contributed by atoms with Gasteiger partial charge in [0, 0.05) is 32.4 Å². The van der Waals surface area contributed by atoms with Crippen LogP contribution in [-0.2, 0) is 13.0 Å². The lowest BCUT2D eigenvalue weighted by Gasteiger charge is -2.16. The molecule has 0 saturated carbocycles. The van der Waals surface area contributed by atoms with E-state index < -0.39 is 6.10 Å². The molecule has 3 aromatic rings. The molecule has 1 aliphatic heterocycles. The van der Waals surface area contributed by atoms with Gasteiger partial charge in [0.25, 0.3) is 0 Å². The number of aliphatic hydroxyl groups is 1. The van der Waals surface area contributed by atoms with Crippen molar-refractivity contribution in [2.45, 2.75) is 19.1 Å². The van der Waals surface area contributed by atoms with Crippen LogP contribution in [0.3, 0.4) is 0 Å². The maximum absolute atomic E-state index is 12.2. The van der Waals surface area contributed by atoms with Crippen LogP contribution in [0.1, 0.15) is 22.8 Å². The molecule has 0 fully saturated rings. The zero-order valence-electron chi connectivity index (χ0n) is 16.0. The van der Waals surface area contributed by atoms with Gasteiger partial charge >= 0.3 is 6.03 Å². The molecule has 1 heterocycles. The predicted octanol–water partition coefficient (Wildman–Crippen LogP) is 3.36. The Kier molecular flexibility index (Phi) is 5.17. The molecule has 144 valence electrons. The quantitative estimate of drug-likeness (QED) is 0.641. The van der Waals surface area contributed by atoms with Crippen molar-refractivity contribution in [3.8, 4) is 0 Å². The molecule has 5 heteroatoms. The number of nitrogens with zero attached hydrogens (tertiary/aromatic N) is 1. The maximum Gasteiger partial charge on any atom is 0.315 e. The minimum absolute atomic E-state index is 0.177. The fraction of sp³-hybridized carbons (Fsp3) is 0.261. The highest BCUT2D eigenvalue weighted by Gasteiger charge is 2.18. The number of carbonyl (C=O) groups is 1. The third-order valence-electron chi connectivity index (χ3n) is 5.39. The molecule has 1 aliphatic rings. The van der Waals surface area contributed by atoms with Crippen LogP contribution in [0, 0.1) is 0 Å². The van der Waals surface area contributed by atoms with Crippen LogP contribution in [0.5, 0.6) is 0 Å². The molecule has 0 spiro atoms. The molecule has 3 aromatic carbocycles. The summed E-state index contributed by atoms with van der Waals surface area (Å²) in [4.78, 5) is 14.4. The molecule has 0 aliphatic carbocycles. The van der Waals surface area contributed by atoms with Gasteiger partial charge in [-0.3, -0.25) is 0 Å². The summed E-state index contributed by atoms with van der Waals surface area (Å²) in [6.07, 6.45) is 0.269. The van der Waals surface area contributed by atoms with Crippen LogP contribution < -0.4 is 15.5 Å². The highest BCUT2D eigenvalue weighted by Crippen LogP contribution is 2.29. The van der Waals surface area contributed by atoms with Gasteiger partial charge < -0.3 is 20.6 Å². The van der Waals surface area contributed by atoms with Crippen molar-refractivity contribution in [2.24, 2.45) is 0 Å². The Hall–Kier alpha value is -3.05. The first kappa shape index (κ1) is 18.3. The highest BCUT2D eigenvalue weighted by molar-refractivity contribution is 5.86. The summed E-state index contributed by atoms with van der Waals surface area (Å²) in [5.74, 6) is 0. The molecule has 0 saturated heterocycles. The number of benzene rings is 3. The number of urea groups is 1. The number of rotatable bonds is 5. The first-order valence-corrected chi connectivity index (χ1v) is 9.62. The molecule has 0 aromatic heterocycles. The van der Waals surface area contributed by atoms with Crippen LogP contribution in [0.25, 0.3) is 10.8 Å². The van der Waals surface area contributed by atoms with Crippen LogP contribution in [0.2, 0.25) is 0 Å². The Morgan fingerprint density at radius 2 is 1.93 bits per heavy atom. The van der Waals surface area contributed by atoms with Gasteiger partial charge in [-0.05, 0) is 39.9 Å². The van der Waals surface area contributed by atoms with Crippen LogP contribution in [0.4, 0.5) is 10.5 Å². The number of anilines is 1. The third-order valence-corrected chi connectivity index (χ3v) is 5.39. The minimum Gasteiger partial charge on any atom is -0.387 e. The second-order valence-corrected chi connectivity index (χ2v) is 7.28. The number of likely N-dealkylation sites (N-methyl/N-ethyl adjacent to an activating group) is 1. The molecule has 3 N–H and O–H groups in total. The average molecular weight is 375 g/mol. The molecule has 0 radical (unpaired) electrons. The van der Waals surface area contributed by atoms with E-state index in [4.69, 9.17) is 0 Å². The lowest BCUT2D eigenvalue weighted by atomic mass is 10.0. The third kappa shape index (κ3) is 3.80. The van der Waals surface area contributed by atoms with Gasteiger partial charge in [0.15, 0.2) is 0 Å². The topological polar surface area (TPSA) is 64.6 Å². The zero-order valence-corrected chi connectivity index (χ0v) is 16.0. The van der Waals surface area contributed by atoms with Gasteiger partial charge in [0.2, 0.25) is 0 Å². The standard InChI is InChI=1S/C23H25N3O2/c1-26-12-11-17-13-18(9-10-21(17)26)22(27)15-25-23(28)24-14-19-7-4-6-16-5-2-3-8-20(16)19/h2-10,13,22,27H,11-12,14-15H2,1H3,(H2,24,25,28). The van der Waals surface area contributed by atoms with Gasteiger partial charge in [0.05, 0.1) is 6.10 Å². The number of amides is 2. The van der Waals surface area contributed by atoms with Crippen molar-refractivity contribution in [3.05, 3.63) is 77.4 Å². The van der Waals surface area contributed by atoms with E-state index in [0.717, 1.165) is 34.9 Å². The predicted molar refractivity (Wildman–Crippen MR) is 113 cm³/mol. The monoisotopic (exact) mass is 375 g/mol. The maximum atomic E-state index is 12.2. The van der Waals surface area contributed by atoms with E-state index >= 15 is 0 Å². The molecule has 4 rings (SSSR count). The molecule has 1 unspecified atom stereocenters. The highest BCUT2D eigenvalue weighted by atomic mass is 16.3. The number of carbonyl (C=O) groups excluding carboxylic acids is 1. The van der Waals surface area contributed by atoms with E-state index in [1.165, 1.54) is 11.3 Å². The van der Waals surface area contributed by atoms with Crippen molar-refractivity contribution in [2.75, 3.05) is 25.0 Å². The molecule has 1 atom stereocenters. The van der Waals surface area contributed by atoms with E-state index in [1.807, 2.05) is 42.5 Å². The summed E-state index contributed by atoms with van der Waals surface area (Å²) < 4.78 is 0. The van der Waals surface area contributed by atoms with Crippen molar-refractivity contribution in [1.29, 1.82) is 0 Å². The summed E-state index contributed by atoms with van der Waals surface area (Å²) in [7, 11) is 2.07. The number of hydrogen-bond acceptors (Lipinski definition) is 3. The van der Waals surface area contributed by atoms with E-state index in [9.17, 15) is 9.90 Å². The molecule has 28 heavy (non-hydrogen) atoms. The number of nitrogens with one attached hydrogen (secondary N) is 2.